The number of thiophene rings is 1. The monoisotopic (exact) mass is 685 g/mol. The van der Waals surface area contributed by atoms with E-state index in [9.17, 15) is 0 Å². The maximum absolute atomic E-state index is 5.37. The first-order chi connectivity index (χ1) is 25.8. The van der Waals surface area contributed by atoms with Crippen LogP contribution in [0.15, 0.2) is 152 Å². The Kier molecular flexibility index (Phi) is 7.05. The van der Waals surface area contributed by atoms with Crippen molar-refractivity contribution in [2.24, 2.45) is 0 Å². The molecule has 0 atom stereocenters. The largest absolute Gasteiger partial charge is 0.262 e. The Hall–Kier alpha value is -6.50. The van der Waals surface area contributed by atoms with Crippen LogP contribution in [0, 0.1) is 0 Å². The molecule has 10 aromatic rings. The van der Waals surface area contributed by atoms with Gasteiger partial charge in [-0.05, 0) is 46.8 Å². The second kappa shape index (κ2) is 12.1. The van der Waals surface area contributed by atoms with Crippen molar-refractivity contribution >= 4 is 81.5 Å². The molecule has 246 valence electrons. The molecular formula is C46H31N5S. The highest BCUT2D eigenvalue weighted by molar-refractivity contribution is 7.26. The second-order valence-corrected chi connectivity index (χ2v) is 13.7. The molecule has 0 amide bonds. The number of fused-ring (bicyclic) bond motifs is 8. The van der Waals surface area contributed by atoms with Crippen LogP contribution in [0.4, 0.5) is 17.5 Å². The Labute approximate surface area is 304 Å². The van der Waals surface area contributed by atoms with E-state index in [-0.39, 0.29) is 0 Å². The molecule has 1 aliphatic rings. The molecule has 0 bridgehead atoms. The van der Waals surface area contributed by atoms with Crippen molar-refractivity contribution in [3.8, 4) is 33.6 Å². The maximum atomic E-state index is 5.37. The zero-order chi connectivity index (χ0) is 34.8. The molecule has 6 aromatic carbocycles. The minimum Gasteiger partial charge on any atom is -0.262 e. The number of hydrogen-bond acceptors (Lipinski definition) is 6. The molecule has 0 saturated carbocycles. The van der Waals surface area contributed by atoms with Crippen LogP contribution in [-0.2, 0) is 0 Å². The van der Waals surface area contributed by atoms with Crippen molar-refractivity contribution in [1.82, 2.24) is 19.9 Å². The number of nitrogens with zero attached hydrogens (tertiary/aromatic N) is 5. The van der Waals surface area contributed by atoms with Gasteiger partial charge in [0.25, 0.3) is 0 Å². The number of aromatic nitrogens is 4. The molecule has 0 N–H and O–H groups in total. The van der Waals surface area contributed by atoms with E-state index in [1.165, 1.54) is 31.3 Å². The van der Waals surface area contributed by atoms with Crippen LogP contribution >= 0.6 is 11.3 Å². The Balaban J connectivity index is 0.00000166. The average Bonchev–Trinajstić information content (AvgIpc) is 3.61. The molecule has 11 rings (SSSR count). The lowest BCUT2D eigenvalue weighted by Crippen LogP contribution is -2.19. The fourth-order valence-electron chi connectivity index (χ4n) is 7.60. The summed E-state index contributed by atoms with van der Waals surface area (Å²) in [5.74, 6) is 1.36. The number of anilines is 3. The lowest BCUT2D eigenvalue weighted by Gasteiger charge is -2.31. The first-order valence-electron chi connectivity index (χ1n) is 17.6. The normalized spacial score (nSPS) is 12.0. The summed E-state index contributed by atoms with van der Waals surface area (Å²) in [7, 11) is 0. The van der Waals surface area contributed by atoms with Gasteiger partial charge in [-0.25, -0.2) is 15.0 Å². The van der Waals surface area contributed by atoms with E-state index >= 15 is 0 Å². The zero-order valence-corrected chi connectivity index (χ0v) is 29.4. The van der Waals surface area contributed by atoms with E-state index in [0.29, 0.717) is 5.95 Å². The third-order valence-electron chi connectivity index (χ3n) is 9.87. The molecule has 0 spiro atoms. The van der Waals surface area contributed by atoms with E-state index < -0.39 is 0 Å². The summed E-state index contributed by atoms with van der Waals surface area (Å²) in [5.41, 5.74) is 9.03. The molecule has 4 aromatic heterocycles. The van der Waals surface area contributed by atoms with Crippen molar-refractivity contribution in [2.75, 3.05) is 4.90 Å². The fraction of sp³-hybridized carbons (Fsp3) is 0.0435. The van der Waals surface area contributed by atoms with Crippen LogP contribution < -0.4 is 4.90 Å². The lowest BCUT2D eigenvalue weighted by atomic mass is 9.96. The van der Waals surface area contributed by atoms with E-state index in [0.717, 1.165) is 66.6 Å². The molecule has 0 radical (unpaired) electrons. The molecule has 0 unspecified atom stereocenters. The number of para-hydroxylation sites is 3. The quantitative estimate of drug-likeness (QED) is 0.173. The van der Waals surface area contributed by atoms with E-state index in [1.807, 2.05) is 43.5 Å². The van der Waals surface area contributed by atoms with Gasteiger partial charge < -0.3 is 0 Å². The van der Waals surface area contributed by atoms with Gasteiger partial charge in [-0.15, -0.1) is 11.3 Å². The van der Waals surface area contributed by atoms with Crippen LogP contribution in [0.5, 0.6) is 0 Å². The summed E-state index contributed by atoms with van der Waals surface area (Å²) >= 11 is 1.85. The molecule has 52 heavy (non-hydrogen) atoms. The Bertz CT molecular complexity index is 3000. The minimum atomic E-state index is 0.573. The van der Waals surface area contributed by atoms with Crippen molar-refractivity contribution in [3.05, 3.63) is 152 Å². The van der Waals surface area contributed by atoms with E-state index in [2.05, 4.69) is 138 Å². The highest BCUT2D eigenvalue weighted by Crippen LogP contribution is 2.50. The van der Waals surface area contributed by atoms with Gasteiger partial charge in [-0.2, -0.15) is 0 Å². The average molecular weight is 686 g/mol. The highest BCUT2D eigenvalue weighted by atomic mass is 32.1. The van der Waals surface area contributed by atoms with Crippen LogP contribution in [0.1, 0.15) is 13.8 Å². The Morgan fingerprint density at radius 1 is 0.481 bits per heavy atom. The van der Waals surface area contributed by atoms with Crippen LogP contribution in [0.25, 0.3) is 86.4 Å². The SMILES string of the molecule is CC.c1ccc2c(c1)-c1nccc3c1c(nc1ccccc13)N2c1nc(-c2ccc(-c3cccc4c3sc3ccccc34)cc2)c2ccccc2n1. The molecule has 6 heteroatoms. The number of hydrogen-bond donors (Lipinski definition) is 0. The van der Waals surface area contributed by atoms with Crippen molar-refractivity contribution < 1.29 is 0 Å². The predicted molar refractivity (Wildman–Crippen MR) is 219 cm³/mol. The number of pyridine rings is 2. The summed E-state index contributed by atoms with van der Waals surface area (Å²) < 4.78 is 2.62. The second-order valence-electron chi connectivity index (χ2n) is 12.6. The number of benzene rings is 6. The standard InChI is InChI=1S/C44H25N5S.C2H6/c1-5-16-35-29(10-1)31-24-25-45-41-34-13-3-7-18-37(34)49(43(46-35)39(31)41)44-47-36-17-6-2-12-33(36)40(48-44)27-22-20-26(21-23-27)28-14-9-15-32-30-11-4-8-19-38(30)50-42(28)32;1-2/h1-25H;1-2H3. The summed E-state index contributed by atoms with van der Waals surface area (Å²) in [5, 5.41) is 6.82. The van der Waals surface area contributed by atoms with Crippen LogP contribution in [-0.4, -0.2) is 19.9 Å². The highest BCUT2D eigenvalue weighted by Gasteiger charge is 2.31. The fourth-order valence-corrected chi connectivity index (χ4v) is 8.84. The molecular weight excluding hydrogens is 655 g/mol. The lowest BCUT2D eigenvalue weighted by molar-refractivity contribution is 1.08. The molecule has 0 fully saturated rings. The maximum Gasteiger partial charge on any atom is 0.237 e. The minimum absolute atomic E-state index is 0.573. The van der Waals surface area contributed by atoms with Crippen molar-refractivity contribution in [3.63, 3.8) is 0 Å². The zero-order valence-electron chi connectivity index (χ0n) is 28.6. The Morgan fingerprint density at radius 3 is 1.98 bits per heavy atom. The third kappa shape index (κ3) is 4.54. The molecule has 0 saturated heterocycles. The third-order valence-corrected chi connectivity index (χ3v) is 11.1. The number of rotatable bonds is 3. The van der Waals surface area contributed by atoms with Crippen LogP contribution in [0.3, 0.4) is 0 Å². The van der Waals surface area contributed by atoms with Gasteiger partial charge in [0.05, 0.1) is 33.5 Å². The van der Waals surface area contributed by atoms with E-state index in [4.69, 9.17) is 19.9 Å². The van der Waals surface area contributed by atoms with Gasteiger partial charge in [-0.3, -0.25) is 9.88 Å². The van der Waals surface area contributed by atoms with Gasteiger partial charge in [0.2, 0.25) is 5.95 Å². The Morgan fingerprint density at radius 2 is 1.13 bits per heavy atom. The molecule has 5 heterocycles. The van der Waals surface area contributed by atoms with Gasteiger partial charge in [-0.1, -0.05) is 129 Å². The van der Waals surface area contributed by atoms with Crippen molar-refractivity contribution in [1.29, 1.82) is 0 Å². The molecule has 5 nitrogen and oxygen atoms in total. The predicted octanol–water partition coefficient (Wildman–Crippen LogP) is 12.9. The summed E-state index contributed by atoms with van der Waals surface area (Å²) in [4.78, 5) is 22.8. The smallest absolute Gasteiger partial charge is 0.237 e. The molecule has 1 aliphatic heterocycles. The molecule has 0 aliphatic carbocycles. The van der Waals surface area contributed by atoms with E-state index in [1.54, 1.807) is 0 Å². The van der Waals surface area contributed by atoms with Gasteiger partial charge in [0.15, 0.2) is 5.82 Å². The summed E-state index contributed by atoms with van der Waals surface area (Å²) in [6.07, 6.45) is 1.90. The summed E-state index contributed by atoms with van der Waals surface area (Å²) in [6.45, 7) is 4.00. The van der Waals surface area contributed by atoms with Crippen LogP contribution in [0.2, 0.25) is 0 Å². The first kappa shape index (κ1) is 30.3. The first-order valence-corrected chi connectivity index (χ1v) is 18.5. The van der Waals surface area contributed by atoms with Gasteiger partial charge >= 0.3 is 0 Å². The topological polar surface area (TPSA) is 54.8 Å². The summed E-state index contributed by atoms with van der Waals surface area (Å²) in [6, 6.07) is 51.1. The van der Waals surface area contributed by atoms with Crippen molar-refractivity contribution in [2.45, 2.75) is 13.8 Å². The van der Waals surface area contributed by atoms with Gasteiger partial charge in [0.1, 0.15) is 0 Å². The van der Waals surface area contributed by atoms with Gasteiger partial charge in [0, 0.05) is 48.3 Å².